The Bertz CT molecular complexity index is 1590. The van der Waals surface area contributed by atoms with Gasteiger partial charge in [-0.15, -0.1) is 0 Å². The van der Waals surface area contributed by atoms with E-state index < -0.39 is 61.1 Å². The summed E-state index contributed by atoms with van der Waals surface area (Å²) in [6, 6.07) is 21.8. The van der Waals surface area contributed by atoms with Crippen molar-refractivity contribution >= 4 is 53.0 Å². The fourth-order valence-electron chi connectivity index (χ4n) is 5.22. The number of halogens is 1. The molecular formula is C32H34BrN4O6P. The summed E-state index contributed by atoms with van der Waals surface area (Å²) in [5.41, 5.74) is 7.20. The normalized spacial score (nSPS) is 19.2. The summed E-state index contributed by atoms with van der Waals surface area (Å²) in [4.78, 5) is 64.4. The maximum absolute atomic E-state index is 13.7. The van der Waals surface area contributed by atoms with Crippen molar-refractivity contribution in [2.24, 2.45) is 5.73 Å². The van der Waals surface area contributed by atoms with Gasteiger partial charge >= 0.3 is 0 Å². The summed E-state index contributed by atoms with van der Waals surface area (Å²) < 4.78 is 14.3. The van der Waals surface area contributed by atoms with Crippen molar-refractivity contribution in [3.8, 4) is 0 Å². The highest BCUT2D eigenvalue weighted by molar-refractivity contribution is 9.10. The standard InChI is InChI=1S/C32H34BrN4O6P/c1-21-18-26(32(41)37(21)27(29(34)39)17-8-12-22-10-4-2-5-11-22)35-28(38)20-44(42,43)31(23-13-6-3-7-14-23)36-30(40)24-15-9-16-25(33)19-24/h2-16,19,21,26-27,31H,17-18,20H2,1H3,(H2,34,39)(H,35,38)(H,36,40)(H,42,43)/b12-8+/t21?,26-,27-,31?/m0/s1. The zero-order valence-corrected chi connectivity index (χ0v) is 26.5. The number of hydrogen-bond acceptors (Lipinski definition) is 5. The van der Waals surface area contributed by atoms with E-state index in [1.807, 2.05) is 36.4 Å². The van der Waals surface area contributed by atoms with Crippen LogP contribution in [0.4, 0.5) is 0 Å². The minimum atomic E-state index is -4.42. The first-order valence-electron chi connectivity index (χ1n) is 14.0. The Labute approximate surface area is 264 Å². The Morgan fingerprint density at radius 3 is 2.36 bits per heavy atom. The quantitative estimate of drug-likeness (QED) is 0.210. The van der Waals surface area contributed by atoms with Crippen LogP contribution in [0.5, 0.6) is 0 Å². The molecule has 0 radical (unpaired) electrons. The average Bonchev–Trinajstić information content (AvgIpc) is 3.25. The highest BCUT2D eigenvalue weighted by Gasteiger charge is 2.44. The molecule has 5 N–H and O–H groups in total. The maximum atomic E-state index is 13.7. The number of carbonyl (C=O) groups is 4. The van der Waals surface area contributed by atoms with E-state index >= 15 is 0 Å². The Morgan fingerprint density at radius 1 is 1.07 bits per heavy atom. The second-order valence-electron chi connectivity index (χ2n) is 10.6. The number of benzene rings is 3. The van der Waals surface area contributed by atoms with Crippen LogP contribution in [0.1, 0.15) is 47.0 Å². The zero-order valence-electron chi connectivity index (χ0n) is 24.0. The second-order valence-corrected chi connectivity index (χ2v) is 13.9. The summed E-state index contributed by atoms with van der Waals surface area (Å²) >= 11 is 3.31. The molecule has 3 aromatic rings. The molecule has 0 spiro atoms. The Balaban J connectivity index is 1.45. The summed E-state index contributed by atoms with van der Waals surface area (Å²) in [7, 11) is -4.42. The van der Waals surface area contributed by atoms with E-state index in [1.54, 1.807) is 67.6 Å². The van der Waals surface area contributed by atoms with Gasteiger partial charge in [-0.05, 0) is 49.1 Å². The summed E-state index contributed by atoms with van der Waals surface area (Å²) in [6.07, 6.45) is 3.13. The molecule has 0 aromatic heterocycles. The van der Waals surface area contributed by atoms with Crippen molar-refractivity contribution in [1.29, 1.82) is 0 Å². The lowest BCUT2D eigenvalue weighted by atomic mass is 10.1. The number of primary amides is 1. The third kappa shape index (κ3) is 8.31. The third-order valence-electron chi connectivity index (χ3n) is 7.32. The number of rotatable bonds is 12. The van der Waals surface area contributed by atoms with Gasteiger partial charge in [0.15, 0.2) is 0 Å². The number of nitrogens with zero attached hydrogens (tertiary/aromatic N) is 1. The Morgan fingerprint density at radius 2 is 1.73 bits per heavy atom. The van der Waals surface area contributed by atoms with E-state index in [1.165, 1.54) is 4.90 Å². The number of nitrogens with one attached hydrogen (secondary N) is 2. The molecule has 4 rings (SSSR count). The van der Waals surface area contributed by atoms with Gasteiger partial charge in [-0.1, -0.05) is 94.8 Å². The lowest BCUT2D eigenvalue weighted by Crippen LogP contribution is -2.51. The van der Waals surface area contributed by atoms with Crippen molar-refractivity contribution in [2.45, 2.75) is 43.7 Å². The van der Waals surface area contributed by atoms with Gasteiger partial charge in [0.2, 0.25) is 25.1 Å². The minimum absolute atomic E-state index is 0.184. The number of likely N-dealkylation sites (tertiary alicyclic amines) is 1. The van der Waals surface area contributed by atoms with Gasteiger partial charge in [0.25, 0.3) is 5.91 Å². The predicted octanol–water partition coefficient (Wildman–Crippen LogP) is 4.21. The van der Waals surface area contributed by atoms with Crippen LogP contribution in [0.2, 0.25) is 0 Å². The Hall–Kier alpha value is -4.05. The Kier molecular flexibility index (Phi) is 10.9. The van der Waals surface area contributed by atoms with Gasteiger partial charge in [0.1, 0.15) is 24.0 Å². The first-order valence-corrected chi connectivity index (χ1v) is 16.7. The predicted molar refractivity (Wildman–Crippen MR) is 171 cm³/mol. The minimum Gasteiger partial charge on any atom is -0.368 e. The van der Waals surface area contributed by atoms with Gasteiger partial charge in [-0.25, -0.2) is 0 Å². The van der Waals surface area contributed by atoms with E-state index in [4.69, 9.17) is 5.73 Å². The molecule has 3 unspecified atom stereocenters. The average molecular weight is 682 g/mol. The van der Waals surface area contributed by atoms with Crippen molar-refractivity contribution in [2.75, 3.05) is 6.16 Å². The summed E-state index contributed by atoms with van der Waals surface area (Å²) in [6.45, 7) is 1.75. The highest BCUT2D eigenvalue weighted by Crippen LogP contribution is 2.53. The highest BCUT2D eigenvalue weighted by atomic mass is 79.9. The molecule has 3 aromatic carbocycles. The molecule has 0 bridgehead atoms. The van der Waals surface area contributed by atoms with Crippen LogP contribution in [0, 0.1) is 0 Å². The molecule has 44 heavy (non-hydrogen) atoms. The van der Waals surface area contributed by atoms with E-state index in [0.717, 1.165) is 5.56 Å². The van der Waals surface area contributed by atoms with Gasteiger partial charge < -0.3 is 26.2 Å². The van der Waals surface area contributed by atoms with E-state index in [2.05, 4.69) is 26.6 Å². The van der Waals surface area contributed by atoms with E-state index in [9.17, 15) is 28.6 Å². The molecule has 1 heterocycles. The molecule has 230 valence electrons. The van der Waals surface area contributed by atoms with Crippen LogP contribution in [-0.4, -0.2) is 57.7 Å². The van der Waals surface area contributed by atoms with E-state index in [-0.39, 0.29) is 18.4 Å². The SMILES string of the molecule is CC1C[C@H](NC(=O)CP(=O)(O)C(NC(=O)c2cccc(Br)c2)c2ccccc2)C(=O)N1[C@@H](C/C=C/c1ccccc1)C(N)=O. The molecule has 1 saturated heterocycles. The van der Waals surface area contributed by atoms with Crippen LogP contribution in [0.25, 0.3) is 6.08 Å². The number of nitrogens with two attached hydrogens (primary N) is 1. The lowest BCUT2D eigenvalue weighted by molar-refractivity contribution is -0.139. The molecule has 5 atom stereocenters. The summed E-state index contributed by atoms with van der Waals surface area (Å²) in [5.74, 6) is -3.99. The molecule has 1 fully saturated rings. The molecule has 1 aliphatic rings. The monoisotopic (exact) mass is 680 g/mol. The molecule has 10 nitrogen and oxygen atoms in total. The fourth-order valence-corrected chi connectivity index (χ4v) is 7.27. The van der Waals surface area contributed by atoms with Crippen LogP contribution >= 0.6 is 23.3 Å². The van der Waals surface area contributed by atoms with Crippen molar-refractivity contribution in [3.05, 3.63) is 112 Å². The molecule has 12 heteroatoms. The second kappa shape index (κ2) is 14.6. The number of amides is 4. The summed E-state index contributed by atoms with van der Waals surface area (Å²) in [5, 5.41) is 5.18. The zero-order chi connectivity index (χ0) is 31.9. The van der Waals surface area contributed by atoms with Crippen molar-refractivity contribution in [3.63, 3.8) is 0 Å². The molecule has 0 aliphatic carbocycles. The van der Waals surface area contributed by atoms with Crippen molar-refractivity contribution in [1.82, 2.24) is 15.5 Å². The van der Waals surface area contributed by atoms with Gasteiger partial charge in [-0.2, -0.15) is 0 Å². The lowest BCUT2D eigenvalue weighted by Gasteiger charge is -2.28. The van der Waals surface area contributed by atoms with Crippen LogP contribution in [0.15, 0.2) is 95.5 Å². The maximum Gasteiger partial charge on any atom is 0.252 e. The fraction of sp³-hybridized carbons (Fsp3) is 0.250. The van der Waals surface area contributed by atoms with Gasteiger partial charge in [0.05, 0.1) is 0 Å². The number of carbonyl (C=O) groups excluding carboxylic acids is 4. The first kappa shape index (κ1) is 32.9. The third-order valence-corrected chi connectivity index (χ3v) is 9.78. The van der Waals surface area contributed by atoms with Crippen LogP contribution in [-0.2, 0) is 18.9 Å². The number of hydrogen-bond donors (Lipinski definition) is 4. The molecule has 1 aliphatic heterocycles. The molecule has 0 saturated carbocycles. The van der Waals surface area contributed by atoms with Crippen molar-refractivity contribution < 1.29 is 28.6 Å². The van der Waals surface area contributed by atoms with Gasteiger partial charge in [-0.3, -0.25) is 23.7 Å². The van der Waals surface area contributed by atoms with E-state index in [0.29, 0.717) is 10.0 Å². The van der Waals surface area contributed by atoms with Crippen LogP contribution < -0.4 is 16.4 Å². The smallest absolute Gasteiger partial charge is 0.252 e. The molecular weight excluding hydrogens is 647 g/mol. The van der Waals surface area contributed by atoms with Crippen LogP contribution in [0.3, 0.4) is 0 Å². The first-order chi connectivity index (χ1) is 21.0. The molecule has 4 amide bonds. The van der Waals surface area contributed by atoms with Gasteiger partial charge in [0, 0.05) is 16.1 Å². The largest absolute Gasteiger partial charge is 0.368 e. The topological polar surface area (TPSA) is 159 Å².